The van der Waals surface area contributed by atoms with Crippen LogP contribution >= 0.6 is 24.0 Å². The van der Waals surface area contributed by atoms with Gasteiger partial charge in [0.1, 0.15) is 10.9 Å². The molecule has 0 rings (SSSR count). The summed E-state index contributed by atoms with van der Waals surface area (Å²) < 4.78 is 6.52. The predicted molar refractivity (Wildman–Crippen MR) is 111 cm³/mol. The van der Waals surface area contributed by atoms with Crippen LogP contribution in [0.5, 0.6) is 0 Å². The van der Waals surface area contributed by atoms with E-state index in [0.717, 1.165) is 23.8 Å². The first-order valence-corrected chi connectivity index (χ1v) is 10.3. The molecule has 142 valence electrons. The van der Waals surface area contributed by atoms with E-state index in [4.69, 9.17) is 17.0 Å². The second-order valence-corrected chi connectivity index (χ2v) is 10.5. The summed E-state index contributed by atoms with van der Waals surface area (Å²) in [4.78, 5) is 14.9. The van der Waals surface area contributed by atoms with Crippen molar-refractivity contribution in [3.8, 4) is 0 Å². The summed E-state index contributed by atoms with van der Waals surface area (Å²) in [5.74, 6) is 0.607. The predicted octanol–water partition coefficient (Wildman–Crippen LogP) is 5.38. The van der Waals surface area contributed by atoms with E-state index in [1.807, 2.05) is 6.92 Å². The fourth-order valence-corrected chi connectivity index (χ4v) is 3.99. The lowest BCUT2D eigenvalue weighted by Crippen LogP contribution is -2.44. The Bertz CT molecular complexity index is 420. The molecule has 0 saturated heterocycles. The van der Waals surface area contributed by atoms with Gasteiger partial charge in [0.2, 0.25) is 0 Å². The highest BCUT2D eigenvalue weighted by Gasteiger charge is 2.47. The number of esters is 1. The molecular weight excluding hydrogens is 338 g/mol. The number of ether oxygens (including phenoxy) is 1. The van der Waals surface area contributed by atoms with Gasteiger partial charge in [-0.2, -0.15) is 0 Å². The first kappa shape index (κ1) is 23.7. The topological polar surface area (TPSA) is 29.5 Å². The number of hydrogen-bond acceptors (Lipinski definition) is 4. The molecule has 24 heavy (non-hydrogen) atoms. The fraction of sp³-hybridized carbons (Fsp3) is 0.895. The minimum Gasteiger partial charge on any atom is -0.464 e. The highest BCUT2D eigenvalue weighted by molar-refractivity contribution is 8.22. The number of carbonyl (C=O) groups is 1. The molecule has 0 N–H and O–H groups in total. The van der Waals surface area contributed by atoms with Gasteiger partial charge in [0.05, 0.1) is 5.41 Å². The molecule has 0 aliphatic carbocycles. The summed E-state index contributed by atoms with van der Waals surface area (Å²) in [5, 5.41) is 0. The number of carbonyl (C=O) groups excluding carboxylic acids is 1. The van der Waals surface area contributed by atoms with Gasteiger partial charge in [0.15, 0.2) is 0 Å². The number of hydrogen-bond donors (Lipinski definition) is 0. The van der Waals surface area contributed by atoms with Crippen molar-refractivity contribution in [2.75, 3.05) is 25.4 Å². The maximum Gasteiger partial charge on any atom is 0.312 e. The second-order valence-electron chi connectivity index (χ2n) is 8.74. The number of rotatable bonds is 7. The molecule has 5 heteroatoms. The molecule has 0 aromatic rings. The molecule has 0 bridgehead atoms. The lowest BCUT2D eigenvalue weighted by Gasteiger charge is -2.43. The van der Waals surface area contributed by atoms with Crippen LogP contribution < -0.4 is 0 Å². The average Bonchev–Trinajstić information content (AvgIpc) is 2.41. The Balaban J connectivity index is 4.68. The van der Waals surface area contributed by atoms with Crippen LogP contribution in [0.1, 0.15) is 68.7 Å². The van der Waals surface area contributed by atoms with Crippen LogP contribution in [0.3, 0.4) is 0 Å². The molecule has 0 heterocycles. The van der Waals surface area contributed by atoms with Crippen molar-refractivity contribution in [2.24, 2.45) is 16.2 Å². The Morgan fingerprint density at radius 1 is 1.04 bits per heavy atom. The molecule has 0 aromatic carbocycles. The molecule has 3 nitrogen and oxygen atoms in total. The highest BCUT2D eigenvalue weighted by atomic mass is 32.2. The zero-order chi connectivity index (χ0) is 19.2. The van der Waals surface area contributed by atoms with Crippen LogP contribution in [0.2, 0.25) is 0 Å². The van der Waals surface area contributed by atoms with Gasteiger partial charge in [-0.15, -0.1) is 0 Å². The molecule has 0 saturated carbocycles. The van der Waals surface area contributed by atoms with Crippen LogP contribution in [-0.4, -0.2) is 40.6 Å². The molecule has 0 aliphatic rings. The van der Waals surface area contributed by atoms with E-state index in [2.05, 4.69) is 60.3 Å². The zero-order valence-corrected chi connectivity index (χ0v) is 18.7. The van der Waals surface area contributed by atoms with E-state index in [-0.39, 0.29) is 16.8 Å². The van der Waals surface area contributed by atoms with Crippen molar-refractivity contribution in [1.82, 2.24) is 4.90 Å². The zero-order valence-electron chi connectivity index (χ0n) is 17.1. The molecule has 0 fully saturated rings. The van der Waals surface area contributed by atoms with Gasteiger partial charge in [-0.25, -0.2) is 0 Å². The number of thiocarbonyl (C=S) groups is 1. The number of thioether (sulfide) groups is 1. The third-order valence-electron chi connectivity index (χ3n) is 4.55. The van der Waals surface area contributed by atoms with Crippen molar-refractivity contribution in [2.45, 2.75) is 68.7 Å². The van der Waals surface area contributed by atoms with Gasteiger partial charge in [-0.1, -0.05) is 65.5 Å². The van der Waals surface area contributed by atoms with Crippen LogP contribution in [-0.2, 0) is 9.53 Å². The van der Waals surface area contributed by atoms with Crippen LogP contribution in [0.25, 0.3) is 0 Å². The van der Waals surface area contributed by atoms with Crippen molar-refractivity contribution in [1.29, 1.82) is 0 Å². The van der Waals surface area contributed by atoms with E-state index in [0.29, 0.717) is 12.4 Å². The summed E-state index contributed by atoms with van der Waals surface area (Å²) in [6.45, 7) is 21.3. The van der Waals surface area contributed by atoms with Gasteiger partial charge in [0, 0.05) is 18.8 Å². The van der Waals surface area contributed by atoms with E-state index in [1.54, 1.807) is 11.8 Å². The van der Waals surface area contributed by atoms with E-state index in [9.17, 15) is 4.79 Å². The summed E-state index contributed by atoms with van der Waals surface area (Å²) in [6.07, 6.45) is 0.799. The van der Waals surface area contributed by atoms with Gasteiger partial charge in [0.25, 0.3) is 0 Å². The Labute approximate surface area is 159 Å². The number of nitrogens with zero attached hydrogens (tertiary/aromatic N) is 1. The summed E-state index contributed by atoms with van der Waals surface area (Å²) in [7, 11) is 0. The third kappa shape index (κ3) is 7.30. The highest BCUT2D eigenvalue weighted by Crippen LogP contribution is 2.47. The Hall–Kier alpha value is -0.290. The van der Waals surface area contributed by atoms with Crippen LogP contribution in [0.15, 0.2) is 0 Å². The fourth-order valence-electron chi connectivity index (χ4n) is 2.70. The normalized spacial score (nSPS) is 14.9. The molecule has 0 amide bonds. The summed E-state index contributed by atoms with van der Waals surface area (Å²) in [6, 6.07) is 0. The van der Waals surface area contributed by atoms with E-state index >= 15 is 0 Å². The minimum atomic E-state index is -0.505. The Morgan fingerprint density at radius 3 is 1.92 bits per heavy atom. The molecule has 0 aromatic heterocycles. The van der Waals surface area contributed by atoms with Crippen molar-refractivity contribution in [3.63, 3.8) is 0 Å². The summed E-state index contributed by atoms with van der Waals surface area (Å²) >= 11 is 6.99. The van der Waals surface area contributed by atoms with Crippen molar-refractivity contribution in [3.05, 3.63) is 0 Å². The quantitative estimate of drug-likeness (QED) is 0.339. The lowest BCUT2D eigenvalue weighted by atomic mass is 9.61. The van der Waals surface area contributed by atoms with Gasteiger partial charge in [-0.3, -0.25) is 4.79 Å². The Morgan fingerprint density at radius 2 is 1.54 bits per heavy atom. The first-order valence-electron chi connectivity index (χ1n) is 8.87. The van der Waals surface area contributed by atoms with E-state index in [1.165, 1.54) is 0 Å². The smallest absolute Gasteiger partial charge is 0.312 e. The third-order valence-corrected chi connectivity index (χ3v) is 6.04. The van der Waals surface area contributed by atoms with Gasteiger partial charge >= 0.3 is 5.97 Å². The van der Waals surface area contributed by atoms with E-state index < -0.39 is 5.41 Å². The average molecular weight is 376 g/mol. The molecule has 1 unspecified atom stereocenters. The molecule has 1 atom stereocenters. The van der Waals surface area contributed by atoms with Gasteiger partial charge < -0.3 is 9.64 Å². The molecule has 0 spiro atoms. The van der Waals surface area contributed by atoms with Crippen LogP contribution in [0.4, 0.5) is 0 Å². The molecule has 0 aliphatic heterocycles. The SMILES string of the molecule is CCN(CC)C(=S)SCCOC(=O)C(C)(CC(C)(C)C)C(C)(C)C. The monoisotopic (exact) mass is 375 g/mol. The second kappa shape index (κ2) is 9.42. The minimum absolute atomic E-state index is 0.0696. The largest absolute Gasteiger partial charge is 0.464 e. The standard InChI is InChI=1S/C19H37NO2S2/c1-10-20(11-2)16(23)24-13-12-22-15(21)19(9,18(6,7)8)14-17(3,4)5/h10-14H2,1-9H3. The maximum atomic E-state index is 12.8. The molecular formula is C19H37NO2S2. The lowest BCUT2D eigenvalue weighted by molar-refractivity contribution is -0.164. The van der Waals surface area contributed by atoms with Crippen molar-refractivity contribution >= 4 is 34.3 Å². The maximum absolute atomic E-state index is 12.8. The van der Waals surface area contributed by atoms with Crippen LogP contribution in [0, 0.1) is 16.2 Å². The Kier molecular flexibility index (Phi) is 9.31. The van der Waals surface area contributed by atoms with Crippen molar-refractivity contribution < 1.29 is 9.53 Å². The first-order chi connectivity index (χ1) is 10.8. The van der Waals surface area contributed by atoms with Gasteiger partial charge in [-0.05, 0) is 38.0 Å². The molecule has 0 radical (unpaired) electrons. The summed E-state index contributed by atoms with van der Waals surface area (Å²) in [5.41, 5.74) is -0.587.